The molecule has 0 aromatic heterocycles. The largest absolute Gasteiger partial charge is 0.377 e. The molecule has 4 atom stereocenters. The second-order valence-electron chi connectivity index (χ2n) is 4.61. The average molecular weight is 228 g/mol. The minimum atomic E-state index is -0.385. The van der Waals surface area contributed by atoms with E-state index in [0.717, 1.165) is 32.4 Å². The summed E-state index contributed by atoms with van der Waals surface area (Å²) in [4.78, 5) is 10.9. The second-order valence-corrected chi connectivity index (χ2v) is 4.61. The Hall–Kier alpha value is -0.650. The smallest absolute Gasteiger partial charge is 0.246 e. The van der Waals surface area contributed by atoms with Gasteiger partial charge in [0.2, 0.25) is 5.91 Å². The summed E-state index contributed by atoms with van der Waals surface area (Å²) in [5, 5.41) is 3.43. The molecule has 2 aliphatic rings. The molecule has 0 aliphatic carbocycles. The van der Waals surface area contributed by atoms with Crippen LogP contribution in [0.4, 0.5) is 0 Å². The number of hydrogen-bond acceptors (Lipinski definition) is 4. The number of ether oxygens (including phenoxy) is 2. The molecule has 2 saturated heterocycles. The molecule has 3 N–H and O–H groups in total. The van der Waals surface area contributed by atoms with Crippen LogP contribution in [0.5, 0.6) is 0 Å². The first-order valence-electron chi connectivity index (χ1n) is 5.96. The minimum absolute atomic E-state index is 0.116. The molecule has 1 amide bonds. The highest BCUT2D eigenvalue weighted by Gasteiger charge is 2.30. The van der Waals surface area contributed by atoms with Crippen molar-refractivity contribution < 1.29 is 14.3 Å². The summed E-state index contributed by atoms with van der Waals surface area (Å²) in [6, 6.07) is 0.413. The van der Waals surface area contributed by atoms with Crippen LogP contribution in [0.3, 0.4) is 0 Å². The van der Waals surface area contributed by atoms with Crippen LogP contribution in [0.1, 0.15) is 26.2 Å². The zero-order valence-corrected chi connectivity index (χ0v) is 9.65. The summed E-state index contributed by atoms with van der Waals surface area (Å²) in [6.45, 7) is 3.68. The Morgan fingerprint density at radius 3 is 2.81 bits per heavy atom. The average Bonchev–Trinajstić information content (AvgIpc) is 2.83. The molecule has 0 radical (unpaired) electrons. The summed E-state index contributed by atoms with van der Waals surface area (Å²) < 4.78 is 11.0. The van der Waals surface area contributed by atoms with Crippen molar-refractivity contribution in [2.24, 2.45) is 5.73 Å². The molecule has 0 spiro atoms. The summed E-state index contributed by atoms with van der Waals surface area (Å²) in [7, 11) is 0. The van der Waals surface area contributed by atoms with Gasteiger partial charge in [-0.1, -0.05) is 0 Å². The van der Waals surface area contributed by atoms with Crippen LogP contribution in [0.2, 0.25) is 0 Å². The maximum atomic E-state index is 10.9. The fourth-order valence-corrected chi connectivity index (χ4v) is 2.35. The van der Waals surface area contributed by atoms with Crippen molar-refractivity contribution >= 4 is 5.91 Å². The third-order valence-corrected chi connectivity index (χ3v) is 3.41. The summed E-state index contributed by atoms with van der Waals surface area (Å²) in [6.07, 6.45) is 2.70. The van der Waals surface area contributed by atoms with Crippen molar-refractivity contribution in [3.63, 3.8) is 0 Å². The highest BCUT2D eigenvalue weighted by atomic mass is 16.5. The van der Waals surface area contributed by atoms with Gasteiger partial charge in [0.15, 0.2) is 0 Å². The van der Waals surface area contributed by atoms with Gasteiger partial charge < -0.3 is 20.5 Å². The van der Waals surface area contributed by atoms with E-state index in [4.69, 9.17) is 15.2 Å². The van der Waals surface area contributed by atoms with Crippen molar-refractivity contribution in [3.8, 4) is 0 Å². The normalized spacial score (nSPS) is 39.1. The Morgan fingerprint density at radius 2 is 2.25 bits per heavy atom. The SMILES string of the molecule is CC1OCCC1NCC1CCC(C(N)=O)O1. The molecule has 0 aromatic rings. The van der Waals surface area contributed by atoms with E-state index in [9.17, 15) is 4.79 Å². The Balaban J connectivity index is 1.69. The molecule has 16 heavy (non-hydrogen) atoms. The Morgan fingerprint density at radius 1 is 1.44 bits per heavy atom. The molecule has 2 fully saturated rings. The van der Waals surface area contributed by atoms with Gasteiger partial charge in [-0.3, -0.25) is 4.79 Å². The van der Waals surface area contributed by atoms with Crippen LogP contribution in [0, 0.1) is 0 Å². The van der Waals surface area contributed by atoms with E-state index in [1.165, 1.54) is 0 Å². The van der Waals surface area contributed by atoms with Gasteiger partial charge in [0, 0.05) is 19.2 Å². The quantitative estimate of drug-likeness (QED) is 0.698. The van der Waals surface area contributed by atoms with Crippen LogP contribution in [0.25, 0.3) is 0 Å². The van der Waals surface area contributed by atoms with E-state index < -0.39 is 0 Å². The van der Waals surface area contributed by atoms with Crippen molar-refractivity contribution in [2.45, 2.75) is 50.5 Å². The van der Waals surface area contributed by atoms with E-state index in [2.05, 4.69) is 12.2 Å². The molecule has 5 nitrogen and oxygen atoms in total. The lowest BCUT2D eigenvalue weighted by Crippen LogP contribution is -2.40. The maximum Gasteiger partial charge on any atom is 0.246 e. The number of hydrogen-bond donors (Lipinski definition) is 2. The number of nitrogens with two attached hydrogens (primary N) is 1. The predicted octanol–water partition coefficient (Wildman–Crippen LogP) is -0.214. The first-order chi connectivity index (χ1) is 7.66. The van der Waals surface area contributed by atoms with Gasteiger partial charge in [-0.05, 0) is 26.2 Å². The van der Waals surface area contributed by atoms with Gasteiger partial charge in [0.25, 0.3) is 0 Å². The van der Waals surface area contributed by atoms with E-state index in [-0.39, 0.29) is 24.2 Å². The molecule has 2 aliphatic heterocycles. The third-order valence-electron chi connectivity index (χ3n) is 3.41. The van der Waals surface area contributed by atoms with Crippen LogP contribution in [-0.2, 0) is 14.3 Å². The molecule has 0 aromatic carbocycles. The van der Waals surface area contributed by atoms with E-state index in [0.29, 0.717) is 6.04 Å². The lowest BCUT2D eigenvalue weighted by atomic mass is 10.1. The number of primary amides is 1. The molecule has 5 heteroatoms. The van der Waals surface area contributed by atoms with Gasteiger partial charge in [-0.25, -0.2) is 0 Å². The second kappa shape index (κ2) is 5.12. The number of nitrogens with one attached hydrogen (secondary N) is 1. The lowest BCUT2D eigenvalue weighted by molar-refractivity contribution is -0.128. The van der Waals surface area contributed by atoms with Gasteiger partial charge >= 0.3 is 0 Å². The fraction of sp³-hybridized carbons (Fsp3) is 0.909. The molecule has 0 saturated carbocycles. The van der Waals surface area contributed by atoms with Crippen molar-refractivity contribution in [3.05, 3.63) is 0 Å². The summed E-state index contributed by atoms with van der Waals surface area (Å²) in [5.41, 5.74) is 5.20. The third kappa shape index (κ3) is 2.72. The molecule has 92 valence electrons. The molecule has 4 unspecified atom stereocenters. The minimum Gasteiger partial charge on any atom is -0.377 e. The first kappa shape index (κ1) is 11.8. The molecule has 2 heterocycles. The zero-order chi connectivity index (χ0) is 11.5. The zero-order valence-electron chi connectivity index (χ0n) is 9.65. The molecule has 2 rings (SSSR count). The van der Waals surface area contributed by atoms with Crippen molar-refractivity contribution in [1.29, 1.82) is 0 Å². The van der Waals surface area contributed by atoms with Crippen LogP contribution in [0.15, 0.2) is 0 Å². The number of amides is 1. The number of rotatable bonds is 4. The van der Waals surface area contributed by atoms with E-state index in [1.54, 1.807) is 0 Å². The molecule has 0 bridgehead atoms. The number of carbonyl (C=O) groups excluding carboxylic acids is 1. The maximum absolute atomic E-state index is 10.9. The molecular weight excluding hydrogens is 208 g/mol. The van der Waals surface area contributed by atoms with Gasteiger partial charge in [0.05, 0.1) is 12.2 Å². The van der Waals surface area contributed by atoms with E-state index in [1.807, 2.05) is 0 Å². The van der Waals surface area contributed by atoms with Crippen molar-refractivity contribution in [1.82, 2.24) is 5.32 Å². The first-order valence-corrected chi connectivity index (χ1v) is 5.96. The predicted molar refractivity (Wildman–Crippen MR) is 58.9 cm³/mol. The summed E-state index contributed by atoms with van der Waals surface area (Å²) >= 11 is 0. The monoisotopic (exact) mass is 228 g/mol. The topological polar surface area (TPSA) is 73.6 Å². The Labute approximate surface area is 95.7 Å². The van der Waals surface area contributed by atoms with Gasteiger partial charge in [-0.2, -0.15) is 0 Å². The highest BCUT2D eigenvalue weighted by molar-refractivity contribution is 5.79. The van der Waals surface area contributed by atoms with Gasteiger partial charge in [0.1, 0.15) is 6.10 Å². The van der Waals surface area contributed by atoms with Crippen LogP contribution in [-0.4, -0.2) is 43.4 Å². The standard InChI is InChI=1S/C11H20N2O3/c1-7-9(4-5-15-7)13-6-8-2-3-10(16-8)11(12)14/h7-10,13H,2-6H2,1H3,(H2,12,14). The van der Waals surface area contributed by atoms with Crippen LogP contribution >= 0.6 is 0 Å². The molecular formula is C11H20N2O3. The Bertz CT molecular complexity index is 260. The number of carbonyl (C=O) groups is 1. The van der Waals surface area contributed by atoms with Gasteiger partial charge in [-0.15, -0.1) is 0 Å². The Kier molecular flexibility index (Phi) is 3.78. The van der Waals surface area contributed by atoms with E-state index >= 15 is 0 Å². The fourth-order valence-electron chi connectivity index (χ4n) is 2.35. The lowest BCUT2D eigenvalue weighted by Gasteiger charge is -2.19. The van der Waals surface area contributed by atoms with Crippen LogP contribution < -0.4 is 11.1 Å². The summed E-state index contributed by atoms with van der Waals surface area (Å²) in [5.74, 6) is -0.347. The van der Waals surface area contributed by atoms with Crippen molar-refractivity contribution in [2.75, 3.05) is 13.2 Å². The highest BCUT2D eigenvalue weighted by Crippen LogP contribution is 2.20.